The topological polar surface area (TPSA) is 48.5 Å². The number of aromatic nitrogens is 1. The molecule has 4 rings (SSSR count). The summed E-state index contributed by atoms with van der Waals surface area (Å²) in [6.45, 7) is 5.53. The fraction of sp³-hybridized carbons (Fsp3) is 0.471. The highest BCUT2D eigenvalue weighted by Crippen LogP contribution is 2.41. The van der Waals surface area contributed by atoms with Gasteiger partial charge in [0, 0.05) is 13.1 Å². The van der Waals surface area contributed by atoms with Crippen LogP contribution in [0.15, 0.2) is 24.3 Å². The van der Waals surface area contributed by atoms with Crippen LogP contribution in [0, 0.1) is 0 Å². The summed E-state index contributed by atoms with van der Waals surface area (Å²) in [5.41, 5.74) is 0.757. The summed E-state index contributed by atoms with van der Waals surface area (Å²) in [6, 6.07) is 8.29. The lowest BCUT2D eigenvalue weighted by molar-refractivity contribution is -0.127. The fourth-order valence-corrected chi connectivity index (χ4v) is 6.04. The second kappa shape index (κ2) is 6.19. The molecule has 1 atom stereocenters. The van der Waals surface area contributed by atoms with Gasteiger partial charge in [0.1, 0.15) is 23.9 Å². The fourth-order valence-electron chi connectivity index (χ4n) is 3.77. The van der Waals surface area contributed by atoms with Gasteiger partial charge in [-0.2, -0.15) is 0 Å². The zero-order valence-electron chi connectivity index (χ0n) is 13.9. The van der Waals surface area contributed by atoms with Crippen molar-refractivity contribution in [1.82, 2.24) is 19.9 Å². The van der Waals surface area contributed by atoms with E-state index in [2.05, 4.69) is 46.1 Å². The minimum atomic E-state index is -0.505. The summed E-state index contributed by atoms with van der Waals surface area (Å²) in [5, 5.41) is 4.19. The number of amides is 1. The average molecular weight is 361 g/mol. The summed E-state index contributed by atoms with van der Waals surface area (Å²) in [5.74, 6) is 0.195. The van der Waals surface area contributed by atoms with Crippen LogP contribution >= 0.6 is 19.0 Å². The lowest BCUT2D eigenvalue weighted by Gasteiger charge is -2.38. The molecular weight excluding hydrogens is 339 g/mol. The maximum Gasteiger partial charge on any atom is 0.245 e. The van der Waals surface area contributed by atoms with E-state index >= 15 is 0 Å². The summed E-state index contributed by atoms with van der Waals surface area (Å²) in [6.07, 6.45) is 5.95. The molecule has 1 spiro atoms. The van der Waals surface area contributed by atoms with Gasteiger partial charge in [-0.1, -0.05) is 16.8 Å². The van der Waals surface area contributed by atoms with Crippen LogP contribution in [-0.4, -0.2) is 58.7 Å². The lowest BCUT2D eigenvalue weighted by atomic mass is 9.87. The number of carbonyl (C=O) groups is 1. The number of fused-ring (bicyclic) bond motifs is 1. The van der Waals surface area contributed by atoms with Gasteiger partial charge < -0.3 is 5.32 Å². The summed E-state index contributed by atoms with van der Waals surface area (Å²) >= 11 is 1.77. The highest BCUT2D eigenvalue weighted by atomic mass is 32.1. The third-order valence-electron chi connectivity index (χ3n) is 5.10. The molecule has 1 aromatic carbocycles. The first-order valence-corrected chi connectivity index (χ1v) is 11.0. The molecule has 0 saturated carbocycles. The van der Waals surface area contributed by atoms with Crippen molar-refractivity contribution >= 4 is 41.5 Å². The standard InChI is InChI=1S/C17H21N4OPS/c1-23(2)21-12-18-16(22)17(21)7-9-20(10-8-17)11-15-19-13-5-3-4-6-14(13)24-15/h3-6H,1,7-12H2,2H3/p+1. The molecule has 126 valence electrons. The van der Waals surface area contributed by atoms with Crippen LogP contribution in [0.4, 0.5) is 0 Å². The normalized spacial score (nSPS) is 22.2. The molecule has 2 aromatic rings. The van der Waals surface area contributed by atoms with E-state index < -0.39 is 7.70 Å². The number of hydrogen-bond acceptors (Lipinski definition) is 5. The zero-order valence-corrected chi connectivity index (χ0v) is 15.6. The van der Waals surface area contributed by atoms with E-state index in [4.69, 9.17) is 4.98 Å². The van der Waals surface area contributed by atoms with Crippen LogP contribution in [0.5, 0.6) is 0 Å². The molecule has 0 bridgehead atoms. The quantitative estimate of drug-likeness (QED) is 0.854. The second-order valence-electron chi connectivity index (χ2n) is 6.60. The van der Waals surface area contributed by atoms with Crippen LogP contribution in [-0.2, 0) is 11.3 Å². The van der Waals surface area contributed by atoms with E-state index in [1.54, 1.807) is 11.3 Å². The van der Waals surface area contributed by atoms with Gasteiger partial charge in [-0.05, 0) is 25.0 Å². The Morgan fingerprint density at radius 3 is 2.83 bits per heavy atom. The molecule has 24 heavy (non-hydrogen) atoms. The Bertz CT molecular complexity index is 764. The van der Waals surface area contributed by atoms with Gasteiger partial charge in [-0.15, -0.1) is 11.3 Å². The molecule has 1 N–H and O–H groups in total. The summed E-state index contributed by atoms with van der Waals surface area (Å²) in [4.78, 5) is 19.6. The van der Waals surface area contributed by atoms with Crippen molar-refractivity contribution in [1.29, 1.82) is 0 Å². The molecule has 3 heterocycles. The van der Waals surface area contributed by atoms with Gasteiger partial charge in [-0.25, -0.2) is 4.98 Å². The van der Waals surface area contributed by atoms with E-state index in [9.17, 15) is 4.79 Å². The Morgan fingerprint density at radius 1 is 1.38 bits per heavy atom. The Morgan fingerprint density at radius 2 is 2.12 bits per heavy atom. The number of rotatable bonds is 3. The molecule has 1 aromatic heterocycles. The third-order valence-corrected chi connectivity index (χ3v) is 7.47. The number of carbonyl (C=O) groups excluding carboxylic acids is 1. The minimum Gasteiger partial charge on any atom is -0.338 e. The molecular formula is C17H22N4OPS+. The van der Waals surface area contributed by atoms with E-state index in [0.717, 1.165) is 43.0 Å². The van der Waals surface area contributed by atoms with E-state index in [1.807, 2.05) is 6.07 Å². The smallest absolute Gasteiger partial charge is 0.245 e. The highest BCUT2D eigenvalue weighted by molar-refractivity contribution is 7.52. The SMILES string of the molecule is C=[P+](C)N1CNC(=O)C12CCN(Cc1nc3ccccc3s1)CC2. The molecule has 1 unspecified atom stereocenters. The lowest BCUT2D eigenvalue weighted by Crippen LogP contribution is -2.53. The third kappa shape index (κ3) is 2.68. The van der Waals surface area contributed by atoms with Crippen molar-refractivity contribution in [2.24, 2.45) is 0 Å². The number of piperidine rings is 1. The van der Waals surface area contributed by atoms with Crippen LogP contribution in [0.25, 0.3) is 10.2 Å². The predicted molar refractivity (Wildman–Crippen MR) is 102 cm³/mol. The maximum absolute atomic E-state index is 12.4. The summed E-state index contributed by atoms with van der Waals surface area (Å²) in [7, 11) is -0.505. The first-order chi connectivity index (χ1) is 11.6. The number of likely N-dealkylation sites (tertiary alicyclic amines) is 1. The van der Waals surface area contributed by atoms with Crippen LogP contribution in [0.1, 0.15) is 17.8 Å². The number of para-hydroxylation sites is 1. The van der Waals surface area contributed by atoms with Gasteiger partial charge in [0.05, 0.1) is 23.1 Å². The van der Waals surface area contributed by atoms with Crippen LogP contribution in [0.2, 0.25) is 0 Å². The van der Waals surface area contributed by atoms with Gasteiger partial charge in [-0.3, -0.25) is 9.69 Å². The molecule has 1 amide bonds. The minimum absolute atomic E-state index is 0.195. The van der Waals surface area contributed by atoms with Crippen LogP contribution < -0.4 is 5.32 Å². The number of nitrogens with one attached hydrogen (secondary N) is 1. The van der Waals surface area contributed by atoms with E-state index in [1.165, 1.54) is 4.70 Å². The molecule has 2 saturated heterocycles. The van der Waals surface area contributed by atoms with Crippen molar-refractivity contribution in [3.63, 3.8) is 0 Å². The van der Waals surface area contributed by atoms with Crippen molar-refractivity contribution in [3.05, 3.63) is 29.3 Å². The molecule has 2 fully saturated rings. The Hall–Kier alpha value is -1.33. The molecule has 5 nitrogen and oxygen atoms in total. The van der Waals surface area contributed by atoms with Crippen molar-refractivity contribution < 1.29 is 4.79 Å². The van der Waals surface area contributed by atoms with Gasteiger partial charge in [0.25, 0.3) is 0 Å². The van der Waals surface area contributed by atoms with Crippen molar-refractivity contribution in [2.75, 3.05) is 26.4 Å². The van der Waals surface area contributed by atoms with E-state index in [0.29, 0.717) is 6.67 Å². The molecule has 0 radical (unpaired) electrons. The second-order valence-corrected chi connectivity index (χ2v) is 9.52. The molecule has 2 aliphatic rings. The van der Waals surface area contributed by atoms with E-state index in [-0.39, 0.29) is 11.4 Å². The molecule has 2 aliphatic heterocycles. The molecule has 0 aliphatic carbocycles. The highest BCUT2D eigenvalue weighted by Gasteiger charge is 2.54. The number of thiazole rings is 1. The van der Waals surface area contributed by atoms with Crippen molar-refractivity contribution in [3.8, 4) is 0 Å². The van der Waals surface area contributed by atoms with Gasteiger partial charge in [0.2, 0.25) is 5.91 Å². The summed E-state index contributed by atoms with van der Waals surface area (Å²) < 4.78 is 3.54. The van der Waals surface area contributed by atoms with Gasteiger partial charge >= 0.3 is 0 Å². The first-order valence-electron chi connectivity index (χ1n) is 8.25. The first kappa shape index (κ1) is 16.2. The number of hydrogen-bond donors (Lipinski definition) is 1. The number of benzene rings is 1. The maximum atomic E-state index is 12.4. The Labute approximate surface area is 147 Å². The monoisotopic (exact) mass is 361 g/mol. The van der Waals surface area contributed by atoms with Crippen molar-refractivity contribution in [2.45, 2.75) is 24.9 Å². The predicted octanol–water partition coefficient (Wildman–Crippen LogP) is 2.48. The Balaban J connectivity index is 1.46. The average Bonchev–Trinajstić information content (AvgIpc) is 3.11. The molecule has 7 heteroatoms. The van der Waals surface area contributed by atoms with Gasteiger partial charge in [0.15, 0.2) is 7.70 Å². The number of nitrogens with zero attached hydrogens (tertiary/aromatic N) is 3. The largest absolute Gasteiger partial charge is 0.338 e. The Kier molecular flexibility index (Phi) is 4.17. The zero-order chi connectivity index (χ0) is 16.7. The van der Waals surface area contributed by atoms with Crippen LogP contribution in [0.3, 0.4) is 0 Å².